The Balaban J connectivity index is 1.65. The summed E-state index contributed by atoms with van der Waals surface area (Å²) < 4.78 is 5.49. The summed E-state index contributed by atoms with van der Waals surface area (Å²) in [7, 11) is 0. The number of benzene rings is 1. The molecular weight excluding hydrogens is 340 g/mol. The number of rotatable bonds is 4. The lowest BCUT2D eigenvalue weighted by Gasteiger charge is -2.36. The summed E-state index contributed by atoms with van der Waals surface area (Å²) in [5.74, 6) is 0.0589. The first-order chi connectivity index (χ1) is 12.7. The maximum Gasteiger partial charge on any atom is 0.410 e. The molecule has 5 heteroatoms. The Morgan fingerprint density at radius 2 is 1.81 bits per heavy atom. The molecule has 0 aromatic heterocycles. The van der Waals surface area contributed by atoms with E-state index >= 15 is 0 Å². The molecule has 1 aromatic rings. The maximum absolute atomic E-state index is 13.3. The zero-order chi connectivity index (χ0) is 19.6. The quantitative estimate of drug-likeness (QED) is 0.798. The first kappa shape index (κ1) is 19.7. The Bertz CT molecular complexity index is 674. The van der Waals surface area contributed by atoms with E-state index in [4.69, 9.17) is 4.74 Å². The largest absolute Gasteiger partial charge is 0.444 e. The van der Waals surface area contributed by atoms with Crippen LogP contribution in [0, 0.1) is 12.8 Å². The summed E-state index contributed by atoms with van der Waals surface area (Å²) in [5, 5.41) is 0. The number of likely N-dealkylation sites (tertiary alicyclic amines) is 1. The first-order valence-corrected chi connectivity index (χ1v) is 10.1. The molecule has 1 aliphatic carbocycles. The number of piperidine rings is 1. The van der Waals surface area contributed by atoms with E-state index in [9.17, 15) is 9.59 Å². The van der Waals surface area contributed by atoms with Gasteiger partial charge < -0.3 is 14.5 Å². The second kappa shape index (κ2) is 7.91. The van der Waals surface area contributed by atoms with Crippen molar-refractivity contribution in [1.29, 1.82) is 0 Å². The topological polar surface area (TPSA) is 49.9 Å². The highest BCUT2D eigenvalue weighted by atomic mass is 16.6. The Labute approximate surface area is 162 Å². The van der Waals surface area contributed by atoms with Crippen LogP contribution in [0.25, 0.3) is 0 Å². The number of aryl methyl sites for hydroxylation is 1. The lowest BCUT2D eigenvalue weighted by molar-refractivity contribution is -0.138. The fourth-order valence-corrected chi connectivity index (χ4v) is 3.57. The van der Waals surface area contributed by atoms with Gasteiger partial charge in [-0.05, 0) is 58.9 Å². The molecule has 0 unspecified atom stereocenters. The first-order valence-electron chi connectivity index (χ1n) is 10.1. The molecule has 0 N–H and O–H groups in total. The molecular formula is C22H32N2O3. The molecule has 3 rings (SSSR count). The monoisotopic (exact) mass is 372 g/mol. The van der Waals surface area contributed by atoms with Crippen LogP contribution in [0.5, 0.6) is 0 Å². The van der Waals surface area contributed by atoms with Crippen LogP contribution in [0.1, 0.15) is 57.6 Å². The summed E-state index contributed by atoms with van der Waals surface area (Å²) in [6.45, 7) is 9.47. The fraction of sp³-hybridized carbons (Fsp3) is 0.636. The van der Waals surface area contributed by atoms with Crippen LogP contribution in [0.3, 0.4) is 0 Å². The smallest absolute Gasteiger partial charge is 0.410 e. The van der Waals surface area contributed by atoms with Crippen LogP contribution in [-0.4, -0.2) is 46.5 Å². The van der Waals surface area contributed by atoms with Gasteiger partial charge in [-0.15, -0.1) is 0 Å². The second-order valence-electron chi connectivity index (χ2n) is 8.95. The molecule has 2 fully saturated rings. The SMILES string of the molecule is Cc1ccc(CN(C(=O)[C@@H]2CCCN(C(=O)OC(C)(C)C)C2)C2CC2)cc1. The average Bonchev–Trinajstić information content (AvgIpc) is 3.44. The van der Waals surface area contributed by atoms with E-state index < -0.39 is 5.60 Å². The van der Waals surface area contributed by atoms with Crippen molar-refractivity contribution in [3.8, 4) is 0 Å². The van der Waals surface area contributed by atoms with Gasteiger partial charge in [-0.1, -0.05) is 29.8 Å². The van der Waals surface area contributed by atoms with Gasteiger partial charge in [0.2, 0.25) is 5.91 Å². The number of amides is 2. The van der Waals surface area contributed by atoms with Crippen molar-refractivity contribution < 1.29 is 14.3 Å². The van der Waals surface area contributed by atoms with Crippen LogP contribution in [0.2, 0.25) is 0 Å². The molecule has 2 aliphatic rings. The zero-order valence-corrected chi connectivity index (χ0v) is 17.0. The second-order valence-corrected chi connectivity index (χ2v) is 8.95. The minimum absolute atomic E-state index is 0.127. The molecule has 1 saturated carbocycles. The van der Waals surface area contributed by atoms with Gasteiger partial charge in [0.05, 0.1) is 5.92 Å². The molecule has 0 bridgehead atoms. The molecule has 1 aliphatic heterocycles. The highest BCUT2D eigenvalue weighted by Crippen LogP contribution is 2.31. The highest BCUT2D eigenvalue weighted by Gasteiger charge is 2.38. The Kier molecular flexibility index (Phi) is 5.78. The average molecular weight is 373 g/mol. The number of carbonyl (C=O) groups excluding carboxylic acids is 2. The summed E-state index contributed by atoms with van der Waals surface area (Å²) >= 11 is 0. The molecule has 1 heterocycles. The summed E-state index contributed by atoms with van der Waals surface area (Å²) in [6, 6.07) is 8.75. The van der Waals surface area contributed by atoms with E-state index in [2.05, 4.69) is 31.2 Å². The molecule has 1 atom stereocenters. The lowest BCUT2D eigenvalue weighted by Crippen LogP contribution is -2.48. The summed E-state index contributed by atoms with van der Waals surface area (Å²) in [5.41, 5.74) is 1.88. The number of hydrogen-bond acceptors (Lipinski definition) is 3. The third kappa shape index (κ3) is 5.47. The molecule has 0 spiro atoms. The van der Waals surface area contributed by atoms with Gasteiger partial charge in [-0.25, -0.2) is 4.79 Å². The standard InChI is InChI=1S/C22H32N2O3/c1-16-7-9-17(10-8-16)14-24(19-11-12-19)20(25)18-6-5-13-23(15-18)21(26)27-22(2,3)4/h7-10,18-19H,5-6,11-15H2,1-4H3/t18-/m1/s1. The predicted molar refractivity (Wildman–Crippen MR) is 105 cm³/mol. The summed E-state index contributed by atoms with van der Waals surface area (Å²) in [4.78, 5) is 29.4. The van der Waals surface area contributed by atoms with Gasteiger partial charge >= 0.3 is 6.09 Å². The van der Waals surface area contributed by atoms with Crippen LogP contribution in [-0.2, 0) is 16.1 Å². The van der Waals surface area contributed by atoms with Gasteiger partial charge in [0.1, 0.15) is 5.60 Å². The molecule has 27 heavy (non-hydrogen) atoms. The zero-order valence-electron chi connectivity index (χ0n) is 17.0. The van der Waals surface area contributed by atoms with Gasteiger partial charge in [0.25, 0.3) is 0 Å². The molecule has 5 nitrogen and oxygen atoms in total. The van der Waals surface area contributed by atoms with Crippen LogP contribution in [0.4, 0.5) is 4.79 Å². The highest BCUT2D eigenvalue weighted by molar-refractivity contribution is 5.80. The third-order valence-electron chi connectivity index (χ3n) is 5.17. The van der Waals surface area contributed by atoms with Crippen LogP contribution >= 0.6 is 0 Å². The van der Waals surface area contributed by atoms with Gasteiger partial charge in [-0.2, -0.15) is 0 Å². The predicted octanol–water partition coefficient (Wildman–Crippen LogP) is 4.13. The van der Waals surface area contributed by atoms with Gasteiger partial charge in [-0.3, -0.25) is 4.79 Å². The van der Waals surface area contributed by atoms with Crippen molar-refractivity contribution >= 4 is 12.0 Å². The molecule has 0 radical (unpaired) electrons. The van der Waals surface area contributed by atoms with Crippen molar-refractivity contribution in [2.24, 2.45) is 5.92 Å². The Morgan fingerprint density at radius 3 is 2.41 bits per heavy atom. The van der Waals surface area contributed by atoms with Crippen LogP contribution in [0.15, 0.2) is 24.3 Å². The van der Waals surface area contributed by atoms with E-state index in [1.165, 1.54) is 11.1 Å². The van der Waals surface area contributed by atoms with Crippen LogP contribution < -0.4 is 0 Å². The minimum Gasteiger partial charge on any atom is -0.444 e. The van der Waals surface area contributed by atoms with Crippen molar-refractivity contribution in [1.82, 2.24) is 9.80 Å². The van der Waals surface area contributed by atoms with E-state index in [1.807, 2.05) is 25.7 Å². The minimum atomic E-state index is -0.514. The van der Waals surface area contributed by atoms with E-state index in [0.29, 0.717) is 25.7 Å². The molecule has 2 amide bonds. The Morgan fingerprint density at radius 1 is 1.15 bits per heavy atom. The molecule has 1 saturated heterocycles. The number of hydrogen-bond donors (Lipinski definition) is 0. The van der Waals surface area contributed by atoms with E-state index in [0.717, 1.165) is 25.7 Å². The van der Waals surface area contributed by atoms with E-state index in [-0.39, 0.29) is 17.9 Å². The number of carbonyl (C=O) groups is 2. The fourth-order valence-electron chi connectivity index (χ4n) is 3.57. The van der Waals surface area contributed by atoms with E-state index in [1.54, 1.807) is 4.90 Å². The number of ether oxygens (including phenoxy) is 1. The summed E-state index contributed by atoms with van der Waals surface area (Å²) in [6.07, 6.45) is 3.55. The van der Waals surface area contributed by atoms with Gasteiger partial charge in [0, 0.05) is 25.7 Å². The van der Waals surface area contributed by atoms with Gasteiger partial charge in [0.15, 0.2) is 0 Å². The Hall–Kier alpha value is -2.04. The third-order valence-corrected chi connectivity index (χ3v) is 5.17. The van der Waals surface area contributed by atoms with Crippen molar-refractivity contribution in [3.63, 3.8) is 0 Å². The lowest BCUT2D eigenvalue weighted by atomic mass is 9.96. The number of nitrogens with zero attached hydrogens (tertiary/aromatic N) is 2. The van der Waals surface area contributed by atoms with Crippen molar-refractivity contribution in [2.45, 2.75) is 71.6 Å². The normalized spacial score (nSPS) is 20.3. The molecule has 148 valence electrons. The molecule has 1 aromatic carbocycles. The van der Waals surface area contributed by atoms with Crippen molar-refractivity contribution in [2.75, 3.05) is 13.1 Å². The maximum atomic E-state index is 13.3. The van der Waals surface area contributed by atoms with Crippen molar-refractivity contribution in [3.05, 3.63) is 35.4 Å².